The maximum Gasteiger partial charge on any atom is 0.208 e. The van der Waals surface area contributed by atoms with Crippen LogP contribution in [0.1, 0.15) is 27.7 Å². The molecule has 2 aromatic rings. The maximum atomic E-state index is 4.45. The van der Waals surface area contributed by atoms with Crippen molar-refractivity contribution in [2.24, 2.45) is 0 Å². The van der Waals surface area contributed by atoms with Gasteiger partial charge in [0.05, 0.1) is 0 Å². The zero-order valence-electron chi connectivity index (χ0n) is 14.7. The van der Waals surface area contributed by atoms with E-state index in [-0.39, 0.29) is 5.54 Å². The fourth-order valence-corrected chi connectivity index (χ4v) is 3.24. The first-order valence-electron chi connectivity index (χ1n) is 8.48. The van der Waals surface area contributed by atoms with E-state index in [1.165, 1.54) is 0 Å². The van der Waals surface area contributed by atoms with Gasteiger partial charge in [0, 0.05) is 62.9 Å². The van der Waals surface area contributed by atoms with Gasteiger partial charge in [0.15, 0.2) is 0 Å². The fraction of sp³-hybridized carbons (Fsp3) is 0.647. The number of anilines is 1. The summed E-state index contributed by atoms with van der Waals surface area (Å²) in [7, 11) is 0. The highest BCUT2D eigenvalue weighted by molar-refractivity contribution is 5.44. The van der Waals surface area contributed by atoms with Crippen molar-refractivity contribution in [3.63, 3.8) is 0 Å². The molecule has 0 unspecified atom stereocenters. The molecule has 0 spiro atoms. The minimum atomic E-state index is 0.0908. The minimum Gasteiger partial charge on any atom is -0.353 e. The first-order chi connectivity index (χ1) is 11.0. The molecule has 0 atom stereocenters. The Morgan fingerprint density at radius 2 is 1.87 bits per heavy atom. The Morgan fingerprint density at radius 3 is 2.57 bits per heavy atom. The molecule has 0 saturated carbocycles. The lowest BCUT2D eigenvalue weighted by Crippen LogP contribution is -2.58. The van der Waals surface area contributed by atoms with Crippen molar-refractivity contribution in [3.8, 4) is 0 Å². The summed E-state index contributed by atoms with van der Waals surface area (Å²) in [5.74, 6) is 0.855. The lowest BCUT2D eigenvalue weighted by Gasteiger charge is -2.45. The monoisotopic (exact) mass is 316 g/mol. The molecular formula is C17H28N6. The molecule has 0 bridgehead atoms. The highest BCUT2D eigenvalue weighted by Crippen LogP contribution is 2.19. The van der Waals surface area contributed by atoms with E-state index in [4.69, 9.17) is 0 Å². The van der Waals surface area contributed by atoms with Crippen LogP contribution in [0, 0.1) is 0 Å². The standard InChI is InChI=1S/C17H28N6/c1-14(2)21-9-11-22(12-10-21)17(3,4)13-20-16-19-6-5-15-18-7-8-23(15)16/h5-8,14H,9-13H2,1-4H3,(H,19,20). The van der Waals surface area contributed by atoms with Gasteiger partial charge in [0.25, 0.3) is 0 Å². The molecule has 1 aliphatic rings. The van der Waals surface area contributed by atoms with Crippen LogP contribution >= 0.6 is 0 Å². The van der Waals surface area contributed by atoms with Gasteiger partial charge < -0.3 is 5.32 Å². The molecule has 0 aromatic carbocycles. The van der Waals surface area contributed by atoms with Crippen LogP contribution in [0.25, 0.3) is 5.65 Å². The van der Waals surface area contributed by atoms with E-state index < -0.39 is 0 Å². The number of rotatable bonds is 5. The largest absolute Gasteiger partial charge is 0.353 e. The lowest BCUT2D eigenvalue weighted by molar-refractivity contribution is 0.0462. The molecule has 3 rings (SSSR count). The van der Waals surface area contributed by atoms with E-state index >= 15 is 0 Å². The Balaban J connectivity index is 1.62. The van der Waals surface area contributed by atoms with Crippen LogP contribution in [0.5, 0.6) is 0 Å². The van der Waals surface area contributed by atoms with Crippen molar-refractivity contribution in [1.29, 1.82) is 0 Å². The number of fused-ring (bicyclic) bond motifs is 1. The summed E-state index contributed by atoms with van der Waals surface area (Å²) in [4.78, 5) is 13.9. The molecule has 126 valence electrons. The van der Waals surface area contributed by atoms with E-state index in [1.54, 1.807) is 12.4 Å². The van der Waals surface area contributed by atoms with Crippen LogP contribution < -0.4 is 5.32 Å². The molecule has 1 N–H and O–H groups in total. The zero-order chi connectivity index (χ0) is 16.4. The predicted molar refractivity (Wildman–Crippen MR) is 93.8 cm³/mol. The first-order valence-corrected chi connectivity index (χ1v) is 8.48. The van der Waals surface area contributed by atoms with Gasteiger partial charge in [-0.15, -0.1) is 0 Å². The number of imidazole rings is 1. The van der Waals surface area contributed by atoms with Crippen molar-refractivity contribution in [3.05, 3.63) is 24.7 Å². The van der Waals surface area contributed by atoms with Gasteiger partial charge in [0.2, 0.25) is 5.95 Å². The molecule has 0 radical (unpaired) electrons. The summed E-state index contributed by atoms with van der Waals surface area (Å²) < 4.78 is 1.99. The van der Waals surface area contributed by atoms with Crippen molar-refractivity contribution in [2.75, 3.05) is 38.0 Å². The van der Waals surface area contributed by atoms with Crippen molar-refractivity contribution >= 4 is 11.6 Å². The molecule has 1 aliphatic heterocycles. The van der Waals surface area contributed by atoms with Gasteiger partial charge in [-0.2, -0.15) is 0 Å². The van der Waals surface area contributed by atoms with Gasteiger partial charge >= 0.3 is 0 Å². The van der Waals surface area contributed by atoms with Crippen LogP contribution in [0.2, 0.25) is 0 Å². The number of nitrogens with zero attached hydrogens (tertiary/aromatic N) is 5. The Kier molecular flexibility index (Phi) is 4.55. The quantitative estimate of drug-likeness (QED) is 0.913. The maximum absolute atomic E-state index is 4.45. The minimum absolute atomic E-state index is 0.0908. The predicted octanol–water partition coefficient (Wildman–Crippen LogP) is 1.95. The average molecular weight is 316 g/mol. The molecule has 23 heavy (non-hydrogen) atoms. The molecule has 6 nitrogen and oxygen atoms in total. The third-order valence-electron chi connectivity index (χ3n) is 4.90. The van der Waals surface area contributed by atoms with E-state index in [1.807, 2.05) is 16.7 Å². The fourth-order valence-electron chi connectivity index (χ4n) is 3.24. The smallest absolute Gasteiger partial charge is 0.208 e. The highest BCUT2D eigenvalue weighted by Gasteiger charge is 2.30. The Hall–Kier alpha value is -1.66. The van der Waals surface area contributed by atoms with Crippen LogP contribution in [-0.4, -0.2) is 68.5 Å². The van der Waals surface area contributed by atoms with Crippen molar-refractivity contribution in [2.45, 2.75) is 39.3 Å². The van der Waals surface area contributed by atoms with Gasteiger partial charge in [-0.05, 0) is 33.8 Å². The van der Waals surface area contributed by atoms with Gasteiger partial charge in [-0.3, -0.25) is 14.2 Å². The van der Waals surface area contributed by atoms with E-state index in [0.29, 0.717) is 6.04 Å². The SMILES string of the molecule is CC(C)N1CCN(C(C)(C)CNc2nccc3nccn23)CC1. The first kappa shape index (κ1) is 16.2. The summed E-state index contributed by atoms with van der Waals surface area (Å²) in [5, 5.41) is 3.50. The molecule has 3 heterocycles. The number of aromatic nitrogens is 3. The topological polar surface area (TPSA) is 48.7 Å². The number of hydrogen-bond donors (Lipinski definition) is 1. The normalized spacial score (nSPS) is 18.0. The molecule has 0 aliphatic carbocycles. The number of nitrogens with one attached hydrogen (secondary N) is 1. The average Bonchev–Trinajstić information content (AvgIpc) is 3.02. The number of hydrogen-bond acceptors (Lipinski definition) is 5. The van der Waals surface area contributed by atoms with E-state index in [0.717, 1.165) is 44.3 Å². The highest BCUT2D eigenvalue weighted by atomic mass is 15.3. The lowest BCUT2D eigenvalue weighted by atomic mass is 10.0. The van der Waals surface area contributed by atoms with Crippen molar-refractivity contribution < 1.29 is 0 Å². The Bertz CT molecular complexity index is 639. The van der Waals surface area contributed by atoms with Crippen molar-refractivity contribution in [1.82, 2.24) is 24.2 Å². The molecule has 6 heteroatoms. The van der Waals surface area contributed by atoms with E-state index in [9.17, 15) is 0 Å². The summed E-state index contributed by atoms with van der Waals surface area (Å²) >= 11 is 0. The van der Waals surface area contributed by atoms with Gasteiger partial charge in [-0.25, -0.2) is 9.97 Å². The number of piperazine rings is 1. The summed E-state index contributed by atoms with van der Waals surface area (Å²) in [5.41, 5.74) is 1.01. The van der Waals surface area contributed by atoms with E-state index in [2.05, 4.69) is 52.8 Å². The van der Waals surface area contributed by atoms with Crippen LogP contribution in [0.4, 0.5) is 5.95 Å². The third kappa shape index (κ3) is 3.48. The van der Waals surface area contributed by atoms with Gasteiger partial charge in [-0.1, -0.05) is 0 Å². The molecule has 2 aromatic heterocycles. The molecular weight excluding hydrogens is 288 g/mol. The summed E-state index contributed by atoms with van der Waals surface area (Å²) in [6.07, 6.45) is 5.55. The van der Waals surface area contributed by atoms with Gasteiger partial charge in [0.1, 0.15) is 5.65 Å². The second kappa shape index (κ2) is 6.45. The van der Waals surface area contributed by atoms with Crippen LogP contribution in [0.15, 0.2) is 24.7 Å². The Labute approximate surface area is 138 Å². The zero-order valence-corrected chi connectivity index (χ0v) is 14.7. The second-order valence-corrected chi connectivity index (χ2v) is 7.21. The molecule has 1 fully saturated rings. The second-order valence-electron chi connectivity index (χ2n) is 7.21. The third-order valence-corrected chi connectivity index (χ3v) is 4.90. The summed E-state index contributed by atoms with van der Waals surface area (Å²) in [6, 6.07) is 2.56. The Morgan fingerprint density at radius 1 is 1.13 bits per heavy atom. The summed E-state index contributed by atoms with van der Waals surface area (Å²) in [6.45, 7) is 14.6. The van der Waals surface area contributed by atoms with Crippen LogP contribution in [0.3, 0.4) is 0 Å². The molecule has 0 amide bonds. The molecule has 1 saturated heterocycles. The van der Waals surface area contributed by atoms with Crippen LogP contribution in [-0.2, 0) is 0 Å².